The first-order valence-corrected chi connectivity index (χ1v) is 8.98. The second-order valence-electron chi connectivity index (χ2n) is 6.80. The van der Waals surface area contributed by atoms with Gasteiger partial charge in [-0.1, -0.05) is 35.5 Å². The van der Waals surface area contributed by atoms with Crippen LogP contribution >= 0.6 is 11.8 Å². The molecule has 2 heterocycles. The minimum atomic E-state index is -0.0121. The van der Waals surface area contributed by atoms with Gasteiger partial charge in [0.05, 0.1) is 17.4 Å². The van der Waals surface area contributed by atoms with Crippen molar-refractivity contribution in [2.24, 2.45) is 0 Å². The molecule has 0 amide bonds. The van der Waals surface area contributed by atoms with E-state index < -0.39 is 0 Å². The first-order valence-electron chi connectivity index (χ1n) is 7.82. The first kappa shape index (κ1) is 15.6. The number of rotatable bonds is 3. The van der Waals surface area contributed by atoms with Crippen LogP contribution in [0.25, 0.3) is 0 Å². The van der Waals surface area contributed by atoms with Gasteiger partial charge < -0.3 is 0 Å². The average Bonchev–Trinajstić information content (AvgIpc) is 2.97. The highest BCUT2D eigenvalue weighted by Crippen LogP contribution is 2.30. The Bertz CT molecular complexity index is 603. The molecule has 1 fully saturated rings. The smallest absolute Gasteiger partial charge is 0.0967 e. The zero-order valence-electron chi connectivity index (χ0n) is 13.6. The molecule has 1 saturated heterocycles. The molecule has 1 aliphatic heterocycles. The van der Waals surface area contributed by atoms with Crippen molar-refractivity contribution in [1.82, 2.24) is 19.9 Å². The zero-order valence-corrected chi connectivity index (χ0v) is 14.4. The second-order valence-corrected chi connectivity index (χ2v) is 7.95. The Labute approximate surface area is 136 Å². The van der Waals surface area contributed by atoms with Crippen molar-refractivity contribution in [1.29, 1.82) is 0 Å². The molecule has 0 bridgehead atoms. The lowest BCUT2D eigenvalue weighted by Crippen LogP contribution is -2.35. The predicted octanol–water partition coefficient (Wildman–Crippen LogP) is 3.32. The van der Waals surface area contributed by atoms with Gasteiger partial charge in [0, 0.05) is 30.6 Å². The van der Waals surface area contributed by atoms with Crippen molar-refractivity contribution in [3.63, 3.8) is 0 Å². The lowest BCUT2D eigenvalue weighted by Gasteiger charge is -2.35. The third kappa shape index (κ3) is 3.52. The molecule has 0 radical (unpaired) electrons. The maximum absolute atomic E-state index is 4.37. The molecular weight excluding hydrogens is 292 g/mol. The van der Waals surface area contributed by atoms with Crippen molar-refractivity contribution in [2.75, 3.05) is 18.1 Å². The fourth-order valence-electron chi connectivity index (χ4n) is 2.72. The predicted molar refractivity (Wildman–Crippen MR) is 91.9 cm³/mol. The summed E-state index contributed by atoms with van der Waals surface area (Å²) in [7, 11) is 0. The summed E-state index contributed by atoms with van der Waals surface area (Å²) in [4.78, 5) is 2.53. The van der Waals surface area contributed by atoms with Crippen LogP contribution in [0, 0.1) is 0 Å². The Morgan fingerprint density at radius 3 is 2.68 bits per heavy atom. The fraction of sp³-hybridized carbons (Fsp3) is 0.529. The van der Waals surface area contributed by atoms with E-state index in [1.807, 2.05) is 16.4 Å². The third-order valence-corrected chi connectivity index (χ3v) is 5.04. The highest BCUT2D eigenvalue weighted by Gasteiger charge is 2.25. The topological polar surface area (TPSA) is 34.0 Å². The summed E-state index contributed by atoms with van der Waals surface area (Å²) in [5.41, 5.74) is 2.45. The minimum Gasteiger partial charge on any atom is -0.289 e. The fourth-order valence-corrected chi connectivity index (χ4v) is 3.87. The number of hydrogen-bond donors (Lipinski definition) is 0. The largest absolute Gasteiger partial charge is 0.289 e. The van der Waals surface area contributed by atoms with Gasteiger partial charge in [-0.25, -0.2) is 4.68 Å². The number of nitrogens with zero attached hydrogens (tertiary/aromatic N) is 4. The van der Waals surface area contributed by atoms with Gasteiger partial charge in [0.25, 0.3) is 0 Å². The molecule has 1 aliphatic rings. The van der Waals surface area contributed by atoms with Crippen LogP contribution in [-0.4, -0.2) is 37.9 Å². The van der Waals surface area contributed by atoms with Gasteiger partial charge in [-0.15, -0.1) is 5.10 Å². The van der Waals surface area contributed by atoms with E-state index in [2.05, 4.69) is 72.5 Å². The summed E-state index contributed by atoms with van der Waals surface area (Å²) < 4.78 is 1.96. The van der Waals surface area contributed by atoms with E-state index in [1.54, 1.807) is 0 Å². The maximum Gasteiger partial charge on any atom is 0.0967 e. The SMILES string of the molecule is CC(C)(C)n1cc(CN2CCSC[C@H]2c2ccccc2)nn1. The molecule has 1 aromatic carbocycles. The van der Waals surface area contributed by atoms with Gasteiger partial charge in [-0.3, -0.25) is 4.90 Å². The molecule has 0 aliphatic carbocycles. The van der Waals surface area contributed by atoms with Crippen LogP contribution in [0.4, 0.5) is 0 Å². The van der Waals surface area contributed by atoms with Crippen LogP contribution < -0.4 is 0 Å². The van der Waals surface area contributed by atoms with Crippen molar-refractivity contribution in [3.8, 4) is 0 Å². The summed E-state index contributed by atoms with van der Waals surface area (Å²) in [6, 6.07) is 11.3. The normalized spacial score (nSPS) is 20.2. The van der Waals surface area contributed by atoms with Crippen LogP contribution in [0.3, 0.4) is 0 Å². The Kier molecular flexibility index (Phi) is 4.54. The van der Waals surface area contributed by atoms with E-state index in [1.165, 1.54) is 11.3 Å². The Balaban J connectivity index is 1.76. The van der Waals surface area contributed by atoms with Crippen molar-refractivity contribution in [3.05, 3.63) is 47.8 Å². The summed E-state index contributed by atoms with van der Waals surface area (Å²) in [5.74, 6) is 2.34. The van der Waals surface area contributed by atoms with E-state index >= 15 is 0 Å². The van der Waals surface area contributed by atoms with Gasteiger partial charge in [-0.05, 0) is 26.3 Å². The highest BCUT2D eigenvalue weighted by atomic mass is 32.2. The summed E-state index contributed by atoms with van der Waals surface area (Å²) in [6.45, 7) is 8.42. The molecule has 0 saturated carbocycles. The number of aromatic nitrogens is 3. The number of benzene rings is 1. The van der Waals surface area contributed by atoms with Crippen LogP contribution in [0.2, 0.25) is 0 Å². The average molecular weight is 316 g/mol. The maximum atomic E-state index is 4.37. The molecule has 1 aromatic heterocycles. The molecule has 22 heavy (non-hydrogen) atoms. The van der Waals surface area contributed by atoms with Crippen LogP contribution in [-0.2, 0) is 12.1 Å². The second kappa shape index (κ2) is 6.42. The zero-order chi connectivity index (χ0) is 15.6. The van der Waals surface area contributed by atoms with Crippen molar-refractivity contribution >= 4 is 11.8 Å². The highest BCUT2D eigenvalue weighted by molar-refractivity contribution is 7.99. The lowest BCUT2D eigenvalue weighted by molar-refractivity contribution is 0.209. The molecule has 0 unspecified atom stereocenters. The monoisotopic (exact) mass is 316 g/mol. The van der Waals surface area contributed by atoms with E-state index in [0.29, 0.717) is 6.04 Å². The van der Waals surface area contributed by atoms with Crippen molar-refractivity contribution < 1.29 is 0 Å². The summed E-state index contributed by atoms with van der Waals surface area (Å²) in [5, 5.41) is 8.65. The molecular formula is C17H24N4S. The van der Waals surface area contributed by atoms with E-state index in [4.69, 9.17) is 0 Å². The standard InChI is InChI=1S/C17H24N4S/c1-17(2,3)21-12-15(18-19-21)11-20-9-10-22-13-16(20)14-7-5-4-6-8-14/h4-8,12,16H,9-11,13H2,1-3H3/t16-/m0/s1. The van der Waals surface area contributed by atoms with Crippen LogP contribution in [0.15, 0.2) is 36.5 Å². The van der Waals surface area contributed by atoms with E-state index in [0.717, 1.165) is 24.5 Å². The molecule has 2 aromatic rings. The molecule has 4 nitrogen and oxygen atoms in total. The Morgan fingerprint density at radius 2 is 2.00 bits per heavy atom. The van der Waals surface area contributed by atoms with Gasteiger partial charge in [0.2, 0.25) is 0 Å². The molecule has 118 valence electrons. The summed E-state index contributed by atoms with van der Waals surface area (Å²) >= 11 is 2.04. The van der Waals surface area contributed by atoms with E-state index in [-0.39, 0.29) is 5.54 Å². The Morgan fingerprint density at radius 1 is 1.23 bits per heavy atom. The van der Waals surface area contributed by atoms with Gasteiger partial charge in [0.15, 0.2) is 0 Å². The number of thioether (sulfide) groups is 1. The molecule has 5 heteroatoms. The van der Waals surface area contributed by atoms with Crippen molar-refractivity contribution in [2.45, 2.75) is 38.9 Å². The minimum absolute atomic E-state index is 0.0121. The van der Waals surface area contributed by atoms with Gasteiger partial charge in [0.1, 0.15) is 0 Å². The lowest BCUT2D eigenvalue weighted by atomic mass is 10.1. The summed E-state index contributed by atoms with van der Waals surface area (Å²) in [6.07, 6.45) is 2.09. The molecule has 0 N–H and O–H groups in total. The quantitative estimate of drug-likeness (QED) is 0.870. The molecule has 0 spiro atoms. The van der Waals surface area contributed by atoms with Crippen LogP contribution in [0.5, 0.6) is 0 Å². The Hall–Kier alpha value is -1.33. The van der Waals surface area contributed by atoms with Gasteiger partial charge >= 0.3 is 0 Å². The van der Waals surface area contributed by atoms with Gasteiger partial charge in [-0.2, -0.15) is 11.8 Å². The molecule has 1 atom stereocenters. The van der Waals surface area contributed by atoms with Crippen LogP contribution in [0.1, 0.15) is 38.1 Å². The third-order valence-electron chi connectivity index (χ3n) is 4.02. The van der Waals surface area contributed by atoms with E-state index in [9.17, 15) is 0 Å². The first-order chi connectivity index (χ1) is 10.5. The number of hydrogen-bond acceptors (Lipinski definition) is 4. The molecule has 3 rings (SSSR count).